The fraction of sp³-hybridized carbons (Fsp3) is 1.00. The van der Waals surface area contributed by atoms with Gasteiger partial charge in [-0.05, 0) is 12.8 Å². The molecule has 0 atom stereocenters. The third-order valence-electron chi connectivity index (χ3n) is 1.16. The maximum atomic E-state index is 5.51. The third-order valence-corrected chi connectivity index (χ3v) is 1.69. The predicted molar refractivity (Wildman–Crippen MR) is 26.9 cm³/mol. The summed E-state index contributed by atoms with van der Waals surface area (Å²) in [5.74, 6) is 0.632. The Morgan fingerprint density at radius 1 is 1.67 bits per heavy atom. The van der Waals surface area contributed by atoms with E-state index in [2.05, 4.69) is 0 Å². The number of alkyl halides is 1. The topological polar surface area (TPSA) is 26.0 Å². The molecule has 2 N–H and O–H groups in total. The molecule has 0 bridgehead atoms. The molecule has 2 heteroatoms. The van der Waals surface area contributed by atoms with Gasteiger partial charge in [-0.3, -0.25) is 0 Å². The number of hydrogen-bond donors (Lipinski definition) is 1. The Morgan fingerprint density at radius 2 is 2.17 bits per heavy atom. The van der Waals surface area contributed by atoms with Crippen molar-refractivity contribution in [2.75, 3.05) is 5.88 Å². The van der Waals surface area contributed by atoms with Crippen LogP contribution < -0.4 is 5.73 Å². The zero-order valence-electron chi connectivity index (χ0n) is 3.58. The van der Waals surface area contributed by atoms with Crippen LogP contribution in [0.5, 0.6) is 0 Å². The second-order valence-electron chi connectivity index (χ2n) is 2.00. The van der Waals surface area contributed by atoms with Gasteiger partial charge in [0.2, 0.25) is 0 Å². The summed E-state index contributed by atoms with van der Waals surface area (Å²) < 4.78 is 0. The second-order valence-corrected chi connectivity index (χ2v) is 2.26. The number of hydrogen-bond acceptors (Lipinski definition) is 1. The van der Waals surface area contributed by atoms with Gasteiger partial charge in [0, 0.05) is 11.4 Å². The first-order chi connectivity index (χ1) is 2.77. The molecule has 0 aromatic heterocycles. The van der Waals surface area contributed by atoms with E-state index in [-0.39, 0.29) is 5.54 Å². The lowest BCUT2D eigenvalue weighted by Gasteiger charge is -1.96. The van der Waals surface area contributed by atoms with Crippen LogP contribution in [-0.4, -0.2) is 11.4 Å². The van der Waals surface area contributed by atoms with E-state index >= 15 is 0 Å². The Labute approximate surface area is 42.5 Å². The lowest BCUT2D eigenvalue weighted by molar-refractivity contribution is 0.771. The van der Waals surface area contributed by atoms with Crippen molar-refractivity contribution in [2.24, 2.45) is 5.73 Å². The SMILES string of the molecule is NC1(CCl)CC1. The molecule has 1 rings (SSSR count). The fourth-order valence-corrected chi connectivity index (χ4v) is 0.561. The molecule has 1 nitrogen and oxygen atoms in total. The first-order valence-electron chi connectivity index (χ1n) is 2.12. The maximum Gasteiger partial charge on any atom is 0.0404 e. The Hall–Kier alpha value is 0.250. The minimum Gasteiger partial charge on any atom is -0.324 e. The standard InChI is InChI=1S/C4H8ClN/c5-3-4(6)1-2-4/h1-3,6H2. The monoisotopic (exact) mass is 105 g/mol. The Bertz CT molecular complexity index is 58.6. The first kappa shape index (κ1) is 4.41. The van der Waals surface area contributed by atoms with Gasteiger partial charge in [0.15, 0.2) is 0 Å². The lowest BCUT2D eigenvalue weighted by atomic mass is 10.4. The van der Waals surface area contributed by atoms with Crippen molar-refractivity contribution in [2.45, 2.75) is 18.4 Å². The zero-order chi connectivity index (χ0) is 4.62. The molecule has 0 amide bonds. The van der Waals surface area contributed by atoms with Crippen molar-refractivity contribution in [1.29, 1.82) is 0 Å². The van der Waals surface area contributed by atoms with Crippen molar-refractivity contribution < 1.29 is 0 Å². The molecule has 0 aromatic rings. The van der Waals surface area contributed by atoms with Gasteiger partial charge in [-0.1, -0.05) is 0 Å². The Morgan fingerprint density at radius 3 is 2.17 bits per heavy atom. The average Bonchev–Trinajstić information content (AvgIpc) is 2.22. The summed E-state index contributed by atoms with van der Waals surface area (Å²) in [5.41, 5.74) is 5.57. The van der Waals surface area contributed by atoms with Crippen LogP contribution >= 0.6 is 11.6 Å². The van der Waals surface area contributed by atoms with Crippen molar-refractivity contribution in [3.05, 3.63) is 0 Å². The molecule has 0 radical (unpaired) electrons. The molecule has 0 saturated heterocycles. The summed E-state index contributed by atoms with van der Waals surface area (Å²) in [4.78, 5) is 0. The molecule has 6 heavy (non-hydrogen) atoms. The van der Waals surface area contributed by atoms with E-state index in [1.54, 1.807) is 0 Å². The smallest absolute Gasteiger partial charge is 0.0404 e. The minimum absolute atomic E-state index is 0.0571. The van der Waals surface area contributed by atoms with E-state index in [9.17, 15) is 0 Å². The van der Waals surface area contributed by atoms with E-state index in [1.165, 1.54) is 0 Å². The molecular weight excluding hydrogens is 97.5 g/mol. The summed E-state index contributed by atoms with van der Waals surface area (Å²) >= 11 is 5.42. The van der Waals surface area contributed by atoms with Gasteiger partial charge in [-0.15, -0.1) is 11.6 Å². The van der Waals surface area contributed by atoms with Crippen LogP contribution in [0.2, 0.25) is 0 Å². The maximum absolute atomic E-state index is 5.51. The zero-order valence-corrected chi connectivity index (χ0v) is 4.33. The number of rotatable bonds is 1. The van der Waals surface area contributed by atoms with Crippen LogP contribution in [0.15, 0.2) is 0 Å². The van der Waals surface area contributed by atoms with Gasteiger partial charge in [0.1, 0.15) is 0 Å². The molecule has 0 aromatic carbocycles. The highest BCUT2D eigenvalue weighted by Gasteiger charge is 2.36. The largest absolute Gasteiger partial charge is 0.324 e. The third kappa shape index (κ3) is 0.660. The van der Waals surface area contributed by atoms with Gasteiger partial charge in [-0.2, -0.15) is 0 Å². The van der Waals surface area contributed by atoms with Gasteiger partial charge in [0.05, 0.1) is 0 Å². The second kappa shape index (κ2) is 1.11. The van der Waals surface area contributed by atoms with E-state index in [4.69, 9.17) is 17.3 Å². The Balaban J connectivity index is 2.28. The predicted octanol–water partition coefficient (Wildman–Crippen LogP) is 0.717. The quantitative estimate of drug-likeness (QED) is 0.489. The van der Waals surface area contributed by atoms with Gasteiger partial charge in [-0.25, -0.2) is 0 Å². The summed E-state index contributed by atoms with van der Waals surface area (Å²) in [7, 11) is 0. The lowest BCUT2D eigenvalue weighted by Crippen LogP contribution is -2.22. The van der Waals surface area contributed by atoms with Crippen LogP contribution in [0.3, 0.4) is 0 Å². The molecule has 1 saturated carbocycles. The van der Waals surface area contributed by atoms with Crippen LogP contribution in [0.1, 0.15) is 12.8 Å². The Kier molecular flexibility index (Phi) is 0.815. The molecule has 0 aliphatic heterocycles. The fourth-order valence-electron chi connectivity index (χ4n) is 0.294. The summed E-state index contributed by atoms with van der Waals surface area (Å²) in [5, 5.41) is 0. The van der Waals surface area contributed by atoms with Crippen molar-refractivity contribution in [3.8, 4) is 0 Å². The van der Waals surface area contributed by atoms with Crippen molar-refractivity contribution in [3.63, 3.8) is 0 Å². The van der Waals surface area contributed by atoms with Crippen LogP contribution in [-0.2, 0) is 0 Å². The number of halogens is 1. The van der Waals surface area contributed by atoms with Gasteiger partial charge in [0.25, 0.3) is 0 Å². The number of nitrogens with two attached hydrogens (primary N) is 1. The summed E-state index contributed by atoms with van der Waals surface area (Å²) in [6.45, 7) is 0. The van der Waals surface area contributed by atoms with Gasteiger partial charge < -0.3 is 5.73 Å². The normalized spacial score (nSPS) is 27.0. The average molecular weight is 106 g/mol. The van der Waals surface area contributed by atoms with E-state index in [0.717, 1.165) is 12.8 Å². The molecule has 1 aliphatic carbocycles. The molecule has 0 heterocycles. The highest BCUT2D eigenvalue weighted by Crippen LogP contribution is 2.32. The van der Waals surface area contributed by atoms with E-state index in [0.29, 0.717) is 5.88 Å². The molecule has 36 valence electrons. The van der Waals surface area contributed by atoms with Crippen LogP contribution in [0.25, 0.3) is 0 Å². The van der Waals surface area contributed by atoms with E-state index in [1.807, 2.05) is 0 Å². The van der Waals surface area contributed by atoms with Crippen LogP contribution in [0.4, 0.5) is 0 Å². The minimum atomic E-state index is 0.0571. The molecule has 1 fully saturated rings. The highest BCUT2D eigenvalue weighted by atomic mass is 35.5. The van der Waals surface area contributed by atoms with E-state index < -0.39 is 0 Å². The molecular formula is C4H8ClN. The van der Waals surface area contributed by atoms with Gasteiger partial charge >= 0.3 is 0 Å². The molecule has 0 spiro atoms. The molecule has 1 aliphatic rings. The molecule has 0 unspecified atom stereocenters. The summed E-state index contributed by atoms with van der Waals surface area (Å²) in [6.07, 6.45) is 2.24. The van der Waals surface area contributed by atoms with Crippen molar-refractivity contribution >= 4 is 11.6 Å². The van der Waals surface area contributed by atoms with Crippen molar-refractivity contribution in [1.82, 2.24) is 0 Å². The summed E-state index contributed by atoms with van der Waals surface area (Å²) in [6, 6.07) is 0. The first-order valence-corrected chi connectivity index (χ1v) is 2.65. The highest BCUT2D eigenvalue weighted by molar-refractivity contribution is 6.18. The van der Waals surface area contributed by atoms with Crippen LogP contribution in [0, 0.1) is 0 Å².